The molecule has 1 amide bonds. The fraction of sp³-hybridized carbons (Fsp3) is 0.263. The summed E-state index contributed by atoms with van der Waals surface area (Å²) in [4.78, 5) is 15.0. The summed E-state index contributed by atoms with van der Waals surface area (Å²) >= 11 is 0. The summed E-state index contributed by atoms with van der Waals surface area (Å²) in [6.07, 6.45) is 0.961. The molecule has 0 aliphatic carbocycles. The lowest BCUT2D eigenvalue weighted by Gasteiger charge is -2.17. The lowest BCUT2D eigenvalue weighted by molar-refractivity contribution is 0.0937. The van der Waals surface area contributed by atoms with Gasteiger partial charge >= 0.3 is 0 Å². The summed E-state index contributed by atoms with van der Waals surface area (Å²) < 4.78 is 0. The average molecular weight is 348 g/mol. The van der Waals surface area contributed by atoms with Crippen LogP contribution < -0.4 is 5.32 Å². The largest absolute Gasteiger partial charge is 0.348 e. The Hall–Kier alpha value is -3.06. The number of nitrogens with one attached hydrogen (secondary N) is 2. The van der Waals surface area contributed by atoms with Crippen LogP contribution in [0.3, 0.4) is 0 Å². The van der Waals surface area contributed by atoms with Crippen molar-refractivity contribution in [2.75, 3.05) is 13.1 Å². The van der Waals surface area contributed by atoms with Gasteiger partial charge in [-0.05, 0) is 29.3 Å². The van der Waals surface area contributed by atoms with Crippen molar-refractivity contribution >= 4 is 5.91 Å². The van der Waals surface area contributed by atoms with Gasteiger partial charge in [0.2, 0.25) is 5.82 Å². The number of likely N-dealkylation sites (tertiary alicyclic amines) is 1. The Labute approximate surface area is 151 Å². The number of benzene rings is 2. The average Bonchev–Trinajstić information content (AvgIpc) is 3.35. The minimum atomic E-state index is -0.0677. The number of carbonyl (C=O) groups is 1. The third-order valence-corrected chi connectivity index (χ3v) is 4.58. The molecular weight excluding hydrogens is 328 g/mol. The summed E-state index contributed by atoms with van der Waals surface area (Å²) in [7, 11) is 0. The highest BCUT2D eigenvalue weighted by molar-refractivity contribution is 5.95. The number of H-pyrrole nitrogens is 1. The van der Waals surface area contributed by atoms with Gasteiger partial charge in [-0.1, -0.05) is 42.5 Å². The summed E-state index contributed by atoms with van der Waals surface area (Å²) in [5.74, 6) is 0.413. The maximum Gasteiger partial charge on any atom is 0.251 e. The van der Waals surface area contributed by atoms with Crippen LogP contribution in [0.2, 0.25) is 0 Å². The molecule has 1 unspecified atom stereocenters. The van der Waals surface area contributed by atoms with Crippen molar-refractivity contribution in [2.24, 2.45) is 0 Å². The van der Waals surface area contributed by atoms with Crippen molar-refractivity contribution in [3.05, 3.63) is 65.7 Å². The number of aromatic nitrogens is 4. The molecule has 1 aliphatic heterocycles. The Balaban J connectivity index is 1.36. The molecule has 1 saturated heterocycles. The van der Waals surface area contributed by atoms with Crippen LogP contribution in [-0.4, -0.2) is 50.6 Å². The van der Waals surface area contributed by atoms with Crippen LogP contribution in [0, 0.1) is 0 Å². The lowest BCUT2D eigenvalue weighted by atomic mass is 10.1. The van der Waals surface area contributed by atoms with Crippen molar-refractivity contribution in [2.45, 2.75) is 19.0 Å². The normalized spacial score (nSPS) is 17.3. The minimum absolute atomic E-state index is 0.0677. The number of tetrazole rings is 1. The minimum Gasteiger partial charge on any atom is -0.348 e. The molecule has 1 fully saturated rings. The molecule has 1 atom stereocenters. The van der Waals surface area contributed by atoms with Gasteiger partial charge < -0.3 is 5.32 Å². The molecule has 7 nitrogen and oxygen atoms in total. The smallest absolute Gasteiger partial charge is 0.251 e. The van der Waals surface area contributed by atoms with Crippen molar-refractivity contribution in [1.29, 1.82) is 0 Å². The number of hydrogen-bond donors (Lipinski definition) is 2. The van der Waals surface area contributed by atoms with E-state index in [1.807, 2.05) is 18.2 Å². The molecule has 1 aliphatic rings. The van der Waals surface area contributed by atoms with E-state index in [9.17, 15) is 4.79 Å². The molecule has 2 aromatic carbocycles. The van der Waals surface area contributed by atoms with Crippen LogP contribution in [0.4, 0.5) is 0 Å². The highest BCUT2D eigenvalue weighted by Gasteiger charge is 2.24. The first-order valence-electron chi connectivity index (χ1n) is 8.69. The quantitative estimate of drug-likeness (QED) is 0.735. The van der Waals surface area contributed by atoms with E-state index in [1.165, 1.54) is 5.56 Å². The zero-order valence-electron chi connectivity index (χ0n) is 14.3. The van der Waals surface area contributed by atoms with Gasteiger partial charge in [-0.15, -0.1) is 10.2 Å². The van der Waals surface area contributed by atoms with Crippen LogP contribution in [-0.2, 0) is 6.54 Å². The summed E-state index contributed by atoms with van der Waals surface area (Å²) in [6.45, 7) is 2.77. The molecule has 0 radical (unpaired) electrons. The Morgan fingerprint density at radius 2 is 2.08 bits per heavy atom. The molecule has 0 saturated carbocycles. The monoisotopic (exact) mass is 348 g/mol. The highest BCUT2D eigenvalue weighted by atomic mass is 16.1. The molecule has 2 N–H and O–H groups in total. The van der Waals surface area contributed by atoms with E-state index in [0.717, 1.165) is 31.6 Å². The molecule has 132 valence electrons. The topological polar surface area (TPSA) is 86.8 Å². The second-order valence-corrected chi connectivity index (χ2v) is 6.50. The standard InChI is InChI=1S/C19H20N6O/c26-19(16-8-4-7-15(11-16)18-21-23-24-22-18)20-17-9-10-25(13-17)12-14-5-2-1-3-6-14/h1-8,11,17H,9-10,12-13H2,(H,20,26)(H,21,22,23,24). The second-order valence-electron chi connectivity index (χ2n) is 6.50. The van der Waals surface area contributed by atoms with Gasteiger partial charge in [0.05, 0.1) is 0 Å². The Kier molecular flexibility index (Phi) is 4.70. The van der Waals surface area contributed by atoms with E-state index in [1.54, 1.807) is 12.1 Å². The van der Waals surface area contributed by atoms with Crippen LogP contribution in [0.15, 0.2) is 54.6 Å². The number of carbonyl (C=O) groups excluding carboxylic acids is 1. The maximum absolute atomic E-state index is 12.6. The van der Waals surface area contributed by atoms with Crippen molar-refractivity contribution < 1.29 is 4.79 Å². The van der Waals surface area contributed by atoms with Gasteiger partial charge in [-0.25, -0.2) is 0 Å². The molecule has 2 heterocycles. The first kappa shape index (κ1) is 16.4. The third-order valence-electron chi connectivity index (χ3n) is 4.58. The number of rotatable bonds is 5. The van der Waals surface area contributed by atoms with Gasteiger partial charge in [0.15, 0.2) is 0 Å². The van der Waals surface area contributed by atoms with Crippen LogP contribution >= 0.6 is 0 Å². The van der Waals surface area contributed by atoms with Gasteiger partial charge in [-0.2, -0.15) is 5.21 Å². The van der Waals surface area contributed by atoms with E-state index in [4.69, 9.17) is 0 Å². The van der Waals surface area contributed by atoms with Crippen molar-refractivity contribution in [3.63, 3.8) is 0 Å². The summed E-state index contributed by atoms with van der Waals surface area (Å²) in [6, 6.07) is 17.9. The van der Waals surface area contributed by atoms with Crippen LogP contribution in [0.25, 0.3) is 11.4 Å². The van der Waals surface area contributed by atoms with E-state index < -0.39 is 0 Å². The molecule has 0 bridgehead atoms. The summed E-state index contributed by atoms with van der Waals surface area (Å²) in [5.41, 5.74) is 2.67. The Bertz CT molecular complexity index is 865. The molecule has 26 heavy (non-hydrogen) atoms. The van der Waals surface area contributed by atoms with Gasteiger partial charge in [0.25, 0.3) is 5.91 Å². The predicted octanol–water partition coefficient (Wildman–Crippen LogP) is 1.87. The number of nitrogens with zero attached hydrogens (tertiary/aromatic N) is 4. The zero-order valence-corrected chi connectivity index (χ0v) is 14.3. The van der Waals surface area contributed by atoms with E-state index in [2.05, 4.69) is 55.1 Å². The third kappa shape index (κ3) is 3.78. The zero-order chi connectivity index (χ0) is 17.8. The molecule has 7 heteroatoms. The Morgan fingerprint density at radius 3 is 2.88 bits per heavy atom. The van der Waals surface area contributed by atoms with E-state index >= 15 is 0 Å². The molecule has 1 aromatic heterocycles. The van der Waals surface area contributed by atoms with Gasteiger partial charge in [0, 0.05) is 36.8 Å². The summed E-state index contributed by atoms with van der Waals surface area (Å²) in [5, 5.41) is 17.0. The molecule has 4 rings (SSSR count). The lowest BCUT2D eigenvalue weighted by Crippen LogP contribution is -2.37. The SMILES string of the molecule is O=C(NC1CCN(Cc2ccccc2)C1)c1cccc(-c2nn[nH]n2)c1. The Morgan fingerprint density at radius 1 is 1.19 bits per heavy atom. The number of amides is 1. The number of hydrogen-bond acceptors (Lipinski definition) is 5. The molecule has 3 aromatic rings. The first-order chi connectivity index (χ1) is 12.8. The fourth-order valence-corrected chi connectivity index (χ4v) is 3.29. The molecule has 0 spiro atoms. The van der Waals surface area contributed by atoms with Crippen molar-refractivity contribution in [1.82, 2.24) is 30.8 Å². The van der Waals surface area contributed by atoms with Crippen LogP contribution in [0.5, 0.6) is 0 Å². The fourth-order valence-electron chi connectivity index (χ4n) is 3.29. The second kappa shape index (κ2) is 7.45. The number of aromatic amines is 1. The van der Waals surface area contributed by atoms with Crippen LogP contribution in [0.1, 0.15) is 22.3 Å². The van der Waals surface area contributed by atoms with E-state index in [-0.39, 0.29) is 11.9 Å². The van der Waals surface area contributed by atoms with Gasteiger partial charge in [0.1, 0.15) is 0 Å². The molecular formula is C19H20N6O. The van der Waals surface area contributed by atoms with Crippen molar-refractivity contribution in [3.8, 4) is 11.4 Å². The first-order valence-corrected chi connectivity index (χ1v) is 8.69. The van der Waals surface area contributed by atoms with E-state index in [0.29, 0.717) is 11.4 Å². The van der Waals surface area contributed by atoms with Gasteiger partial charge in [-0.3, -0.25) is 9.69 Å². The predicted molar refractivity (Wildman–Crippen MR) is 97.2 cm³/mol. The maximum atomic E-state index is 12.6. The highest BCUT2D eigenvalue weighted by Crippen LogP contribution is 2.17.